The second-order valence-electron chi connectivity index (χ2n) is 21.4. The highest BCUT2D eigenvalue weighted by Crippen LogP contribution is 2.47. The van der Waals surface area contributed by atoms with Crippen LogP contribution < -0.4 is 28.4 Å². The Hall–Kier alpha value is -3.78. The van der Waals surface area contributed by atoms with Crippen molar-refractivity contribution in [3.05, 3.63) is 69.8 Å². The molecule has 6 aliphatic heterocycles. The van der Waals surface area contributed by atoms with Gasteiger partial charge in [0.25, 0.3) is 0 Å². The number of benzene rings is 3. The van der Waals surface area contributed by atoms with Crippen LogP contribution in [0, 0.1) is 35.0 Å². The third kappa shape index (κ3) is 12.3. The lowest BCUT2D eigenvalue weighted by Crippen LogP contribution is -2.48. The van der Waals surface area contributed by atoms with Crippen molar-refractivity contribution >= 4 is 0 Å². The summed E-state index contributed by atoms with van der Waals surface area (Å²) >= 11 is 0. The van der Waals surface area contributed by atoms with E-state index in [0.717, 1.165) is 92.2 Å². The van der Waals surface area contributed by atoms with Crippen molar-refractivity contribution in [2.24, 2.45) is 35.0 Å². The standard InChI is InChI=1S/C20H31NO3.2C19H29NO3/c1-20(2,3)11-14-12-21-7-6-13-8-18(23-4)19(24-5)9-15(13)16(21)10-17(14)22;2*1-12(2)7-14-11-20-6-5-13-8-18(22-3)19(23-4)9-15(13)16(20)10-17(14)21/h8-9,14,16-17,22H,6-7,10-12H2,1-5H3;2*8-9,12,14,16-17,21H,5-7,10-11H2,1-4H3/i1D3,2D3,11D2;4D3;3D3. The highest BCUT2D eigenvalue weighted by Gasteiger charge is 2.42. The lowest BCUT2D eigenvalue weighted by atomic mass is 9.75. The number of aliphatic hydroxyl groups is 3. The van der Waals surface area contributed by atoms with Gasteiger partial charge in [-0.3, -0.25) is 14.7 Å². The number of piperidine rings is 3. The maximum atomic E-state index is 11.0. The van der Waals surface area contributed by atoms with Crippen LogP contribution in [0.25, 0.3) is 0 Å². The Morgan fingerprint density at radius 1 is 0.529 bits per heavy atom. The Labute approximate surface area is 440 Å². The van der Waals surface area contributed by atoms with Crippen molar-refractivity contribution in [1.29, 1.82) is 0 Å². The second-order valence-corrected chi connectivity index (χ2v) is 21.4. The van der Waals surface area contributed by atoms with Crippen molar-refractivity contribution in [2.75, 3.05) is 81.8 Å². The van der Waals surface area contributed by atoms with Gasteiger partial charge >= 0.3 is 0 Å². The van der Waals surface area contributed by atoms with Gasteiger partial charge < -0.3 is 43.7 Å². The number of fused-ring (bicyclic) bond motifs is 9. The Bertz CT molecular complexity index is 2710. The summed E-state index contributed by atoms with van der Waals surface area (Å²) < 4.78 is 141. The molecule has 12 heteroatoms. The molecule has 390 valence electrons. The normalized spacial score (nSPS) is 31.3. The van der Waals surface area contributed by atoms with E-state index in [-0.39, 0.29) is 54.8 Å². The van der Waals surface area contributed by atoms with Crippen molar-refractivity contribution in [2.45, 2.75) is 142 Å². The molecule has 3 N–H and O–H groups in total. The molecule has 0 saturated carbocycles. The van der Waals surface area contributed by atoms with Crippen molar-refractivity contribution in [1.82, 2.24) is 14.7 Å². The zero-order valence-corrected chi connectivity index (χ0v) is 42.8. The molecule has 0 aliphatic carbocycles. The van der Waals surface area contributed by atoms with Gasteiger partial charge in [0, 0.05) is 68.4 Å². The van der Waals surface area contributed by atoms with Crippen LogP contribution >= 0.6 is 0 Å². The first-order valence-corrected chi connectivity index (χ1v) is 25.3. The molecule has 9 atom stereocenters. The van der Waals surface area contributed by atoms with Gasteiger partial charge in [0.05, 0.1) is 69.1 Å². The molecule has 0 radical (unpaired) electrons. The summed E-state index contributed by atoms with van der Waals surface area (Å²) in [6.45, 7) is 7.82. The molecule has 0 spiro atoms. The van der Waals surface area contributed by atoms with Crippen LogP contribution in [0.3, 0.4) is 0 Å². The summed E-state index contributed by atoms with van der Waals surface area (Å²) in [5.41, 5.74) is 3.76. The van der Waals surface area contributed by atoms with Crippen LogP contribution in [0.1, 0.15) is 157 Å². The predicted octanol–water partition coefficient (Wildman–Crippen LogP) is 9.48. The predicted molar refractivity (Wildman–Crippen MR) is 278 cm³/mol. The summed E-state index contributed by atoms with van der Waals surface area (Å²) in [7, 11) is 1.10. The average Bonchev–Trinajstić information content (AvgIpc) is 0.791. The fourth-order valence-electron chi connectivity index (χ4n) is 12.2. The van der Waals surface area contributed by atoms with Gasteiger partial charge in [-0.15, -0.1) is 0 Å². The molecule has 6 aliphatic rings. The number of nitrogens with zero attached hydrogens (tertiary/aromatic N) is 3. The van der Waals surface area contributed by atoms with Crippen molar-refractivity contribution in [3.8, 4) is 34.5 Å². The van der Waals surface area contributed by atoms with E-state index >= 15 is 0 Å². The molecule has 70 heavy (non-hydrogen) atoms. The monoisotopic (exact) mass is 986 g/mol. The van der Waals surface area contributed by atoms with E-state index in [1.807, 2.05) is 29.2 Å². The van der Waals surface area contributed by atoms with Crippen LogP contribution in [-0.4, -0.2) is 130 Å². The molecule has 6 heterocycles. The van der Waals surface area contributed by atoms with E-state index in [4.69, 9.17) is 47.6 Å². The van der Waals surface area contributed by atoms with Gasteiger partial charge in [-0.25, -0.2) is 0 Å². The van der Waals surface area contributed by atoms with Gasteiger partial charge in [-0.05, 0) is 163 Å². The zero-order chi connectivity index (χ0) is 62.4. The summed E-state index contributed by atoms with van der Waals surface area (Å²) in [6.07, 6.45) is 1.45. The number of aliphatic hydroxyl groups excluding tert-OH is 3. The lowest BCUT2D eigenvalue weighted by molar-refractivity contribution is -0.0259. The summed E-state index contributed by atoms with van der Waals surface area (Å²) in [5, 5.41) is 32.3. The summed E-state index contributed by atoms with van der Waals surface area (Å²) in [4.78, 5) is 6.88. The summed E-state index contributed by atoms with van der Waals surface area (Å²) in [6, 6.07) is 11.2. The topological polar surface area (TPSA) is 126 Å². The Morgan fingerprint density at radius 2 is 0.843 bits per heavy atom. The molecule has 3 aromatic carbocycles. The molecule has 9 unspecified atom stereocenters. The minimum atomic E-state index is -3.09. The molecule has 0 aromatic heterocycles. The van der Waals surface area contributed by atoms with E-state index in [9.17, 15) is 15.3 Å². The van der Waals surface area contributed by atoms with E-state index in [1.54, 1.807) is 19.2 Å². The van der Waals surface area contributed by atoms with Gasteiger partial charge in [-0.2, -0.15) is 0 Å². The fourth-order valence-corrected chi connectivity index (χ4v) is 12.2. The van der Waals surface area contributed by atoms with Crippen LogP contribution in [-0.2, 0) is 19.3 Å². The van der Waals surface area contributed by atoms with E-state index in [2.05, 4.69) is 37.5 Å². The smallest absolute Gasteiger partial charge is 0.161 e. The van der Waals surface area contributed by atoms with Gasteiger partial charge in [0.15, 0.2) is 34.5 Å². The van der Waals surface area contributed by atoms with Crippen LogP contribution in [0.4, 0.5) is 0 Å². The number of hydrogen-bond acceptors (Lipinski definition) is 12. The number of hydrogen-bond donors (Lipinski definition) is 3. The average molecular weight is 986 g/mol. The van der Waals surface area contributed by atoms with Crippen LogP contribution in [0.15, 0.2) is 36.4 Å². The minimum Gasteiger partial charge on any atom is -0.493 e. The SMILES string of the molecule is [2H]C([2H])([2H])C(C)(C([2H])([2H])[2H])C([2H])([2H])C1CN2CCc3cc(OC)c(OC)cc3C2CC1O.[2H]C([2H])([2H])Oc1cc2c(cc1OC)C1CC(O)C(CC(C)C)CN1CC2.[2H]C([2H])([2H])Oc1cc2c(cc1OC)CCN1CC(CC(C)C)C(O)CC21. The van der Waals surface area contributed by atoms with Gasteiger partial charge in [-0.1, -0.05) is 48.3 Å². The van der Waals surface area contributed by atoms with Gasteiger partial charge in [0.2, 0.25) is 0 Å². The highest BCUT2D eigenvalue weighted by molar-refractivity contribution is 5.52. The first-order valence-electron chi connectivity index (χ1n) is 32.3. The molecule has 3 fully saturated rings. The Balaban J connectivity index is 0.000000182. The lowest BCUT2D eigenvalue weighted by Gasteiger charge is -2.47. The third-order valence-corrected chi connectivity index (χ3v) is 15.5. The quantitative estimate of drug-likeness (QED) is 0.170. The van der Waals surface area contributed by atoms with E-state index in [1.165, 1.54) is 21.3 Å². The van der Waals surface area contributed by atoms with E-state index < -0.39 is 51.6 Å². The maximum absolute atomic E-state index is 11.0. The number of methoxy groups -OCH3 is 6. The molecule has 0 bridgehead atoms. The molecular weight excluding hydrogens is 883 g/mol. The molecule has 0 amide bonds. The fraction of sp³-hybridized carbons (Fsp3) is 0.690. The Morgan fingerprint density at radius 3 is 1.17 bits per heavy atom. The number of ether oxygens (including phenoxy) is 6. The minimum absolute atomic E-state index is 0.0500. The van der Waals surface area contributed by atoms with Crippen molar-refractivity contribution < 1.29 is 62.9 Å². The van der Waals surface area contributed by atoms with E-state index in [0.29, 0.717) is 72.5 Å². The Kier molecular flexibility index (Phi) is 12.7. The third-order valence-electron chi connectivity index (χ3n) is 15.5. The molecule has 9 rings (SSSR count). The van der Waals surface area contributed by atoms with Crippen molar-refractivity contribution in [3.63, 3.8) is 0 Å². The van der Waals surface area contributed by atoms with Crippen LogP contribution in [0.5, 0.6) is 34.5 Å². The summed E-state index contributed by atoms with van der Waals surface area (Å²) in [5.74, 6) is 3.11. The molecule has 12 nitrogen and oxygen atoms in total. The molecular formula is C58H89N3O9. The van der Waals surface area contributed by atoms with Gasteiger partial charge in [0.1, 0.15) is 0 Å². The largest absolute Gasteiger partial charge is 0.493 e. The maximum Gasteiger partial charge on any atom is 0.161 e. The number of rotatable bonds is 11. The van der Waals surface area contributed by atoms with Crippen LogP contribution in [0.2, 0.25) is 0 Å². The highest BCUT2D eigenvalue weighted by atomic mass is 16.5. The first-order chi connectivity index (χ1) is 38.9. The molecule has 3 saturated heterocycles. The first kappa shape index (κ1) is 37.9. The molecule has 3 aromatic rings. The second kappa shape index (κ2) is 23.4. The zero-order valence-electron chi connectivity index (χ0n) is 56.8.